The smallest absolute Gasteiger partial charge is 0.337 e. The van der Waals surface area contributed by atoms with Gasteiger partial charge in [-0.15, -0.1) is 0 Å². The first-order valence-electron chi connectivity index (χ1n) is 6.45. The third-order valence-electron chi connectivity index (χ3n) is 3.81. The fourth-order valence-corrected chi connectivity index (χ4v) is 2.89. The molecular weight excluding hydrogens is 228 g/mol. The Hall–Kier alpha value is -1.84. The van der Waals surface area contributed by atoms with E-state index in [1.54, 1.807) is 18.5 Å². The van der Waals surface area contributed by atoms with Crippen LogP contribution in [0.2, 0.25) is 0 Å². The molecule has 2 aromatic rings. The summed E-state index contributed by atoms with van der Waals surface area (Å²) >= 11 is 0. The summed E-state index contributed by atoms with van der Waals surface area (Å²) in [4.78, 5) is 15.5. The minimum absolute atomic E-state index is 0.348. The highest BCUT2D eigenvalue weighted by Gasteiger charge is 2.20. The van der Waals surface area contributed by atoms with Crippen LogP contribution in [0.1, 0.15) is 53.9 Å². The molecule has 2 heterocycles. The molecule has 1 fully saturated rings. The van der Waals surface area contributed by atoms with Crippen LogP contribution in [0.25, 0.3) is 5.65 Å². The summed E-state index contributed by atoms with van der Waals surface area (Å²) in [6.07, 6.45) is 11.2. The van der Waals surface area contributed by atoms with Crippen molar-refractivity contribution in [2.45, 2.75) is 38.0 Å². The van der Waals surface area contributed by atoms with Gasteiger partial charge in [0.15, 0.2) is 0 Å². The average Bonchev–Trinajstić information content (AvgIpc) is 2.86. The number of carboxylic acids is 1. The van der Waals surface area contributed by atoms with Crippen LogP contribution in [0.4, 0.5) is 0 Å². The van der Waals surface area contributed by atoms with E-state index in [-0.39, 0.29) is 0 Å². The molecule has 0 aromatic carbocycles. The summed E-state index contributed by atoms with van der Waals surface area (Å²) in [7, 11) is 0. The molecule has 2 aromatic heterocycles. The first-order valence-corrected chi connectivity index (χ1v) is 6.45. The van der Waals surface area contributed by atoms with E-state index in [0.29, 0.717) is 11.5 Å². The Morgan fingerprint density at radius 2 is 2.11 bits per heavy atom. The number of hydrogen-bond acceptors (Lipinski definition) is 2. The topological polar surface area (TPSA) is 54.6 Å². The number of nitrogens with zero attached hydrogens (tertiary/aromatic N) is 2. The Labute approximate surface area is 105 Å². The van der Waals surface area contributed by atoms with Crippen molar-refractivity contribution >= 4 is 11.6 Å². The minimum atomic E-state index is -0.873. The summed E-state index contributed by atoms with van der Waals surface area (Å²) in [5.74, 6) is -0.411. The number of aromatic carboxylic acids is 1. The molecule has 1 N–H and O–H groups in total. The quantitative estimate of drug-likeness (QED) is 0.883. The van der Waals surface area contributed by atoms with Gasteiger partial charge in [-0.05, 0) is 30.4 Å². The molecule has 0 spiro atoms. The van der Waals surface area contributed by atoms with E-state index in [4.69, 9.17) is 0 Å². The number of fused-ring (bicyclic) bond motifs is 1. The molecule has 1 aliphatic rings. The van der Waals surface area contributed by atoms with Gasteiger partial charge in [0, 0.05) is 18.6 Å². The van der Waals surface area contributed by atoms with Gasteiger partial charge in [-0.2, -0.15) is 0 Å². The zero-order valence-electron chi connectivity index (χ0n) is 10.2. The van der Waals surface area contributed by atoms with Crippen molar-refractivity contribution in [3.8, 4) is 0 Å². The van der Waals surface area contributed by atoms with E-state index >= 15 is 0 Å². The van der Waals surface area contributed by atoms with E-state index in [2.05, 4.69) is 4.98 Å². The lowest BCUT2D eigenvalue weighted by molar-refractivity contribution is 0.0696. The number of pyridine rings is 1. The molecular formula is C14H16N2O2. The van der Waals surface area contributed by atoms with Crippen LogP contribution in [-0.2, 0) is 0 Å². The maximum atomic E-state index is 11.2. The van der Waals surface area contributed by atoms with E-state index in [1.807, 2.05) is 10.6 Å². The second-order valence-corrected chi connectivity index (χ2v) is 4.98. The first-order chi connectivity index (χ1) is 8.75. The molecule has 0 saturated heterocycles. The highest BCUT2D eigenvalue weighted by atomic mass is 16.4. The third-order valence-corrected chi connectivity index (χ3v) is 3.81. The lowest BCUT2D eigenvalue weighted by atomic mass is 9.84. The predicted molar refractivity (Wildman–Crippen MR) is 68.0 cm³/mol. The largest absolute Gasteiger partial charge is 0.478 e. The van der Waals surface area contributed by atoms with Gasteiger partial charge < -0.3 is 9.51 Å². The number of carbonyl (C=O) groups is 1. The second kappa shape index (κ2) is 4.44. The zero-order valence-corrected chi connectivity index (χ0v) is 10.2. The minimum Gasteiger partial charge on any atom is -0.478 e. The van der Waals surface area contributed by atoms with Crippen molar-refractivity contribution < 1.29 is 9.90 Å². The standard InChI is InChI=1S/C14H16N2O2/c17-14(18)11-8-12(10-4-2-1-3-5-10)13-15-6-7-16(13)9-11/h6-10H,1-5H2,(H,17,18). The average molecular weight is 244 g/mol. The van der Waals surface area contributed by atoms with Crippen molar-refractivity contribution in [2.24, 2.45) is 0 Å². The van der Waals surface area contributed by atoms with Crippen molar-refractivity contribution in [1.29, 1.82) is 0 Å². The molecule has 3 rings (SSSR count). The first kappa shape index (κ1) is 11.3. The van der Waals surface area contributed by atoms with Gasteiger partial charge in [0.1, 0.15) is 5.65 Å². The van der Waals surface area contributed by atoms with Crippen LogP contribution >= 0.6 is 0 Å². The molecule has 1 aliphatic carbocycles. The summed E-state index contributed by atoms with van der Waals surface area (Å²) < 4.78 is 1.83. The Morgan fingerprint density at radius 1 is 1.33 bits per heavy atom. The second-order valence-electron chi connectivity index (χ2n) is 4.98. The SMILES string of the molecule is O=C(O)c1cc(C2CCCCC2)c2nccn2c1. The van der Waals surface area contributed by atoms with Crippen LogP contribution in [0.15, 0.2) is 24.7 Å². The summed E-state index contributed by atoms with van der Waals surface area (Å²) in [5, 5.41) is 9.17. The van der Waals surface area contributed by atoms with Gasteiger partial charge in [0.25, 0.3) is 0 Å². The number of aromatic nitrogens is 2. The van der Waals surface area contributed by atoms with Gasteiger partial charge in [-0.25, -0.2) is 9.78 Å². The predicted octanol–water partition coefficient (Wildman–Crippen LogP) is 3.08. The van der Waals surface area contributed by atoms with E-state index < -0.39 is 5.97 Å². The molecule has 4 nitrogen and oxygen atoms in total. The van der Waals surface area contributed by atoms with Crippen molar-refractivity contribution in [3.05, 3.63) is 35.8 Å². The molecule has 0 unspecified atom stereocenters. The number of imidazole rings is 1. The maximum absolute atomic E-state index is 11.2. The zero-order chi connectivity index (χ0) is 12.5. The lowest BCUT2D eigenvalue weighted by Gasteiger charge is -2.22. The Bertz CT molecular complexity index is 582. The van der Waals surface area contributed by atoms with Crippen molar-refractivity contribution in [2.75, 3.05) is 0 Å². The van der Waals surface area contributed by atoms with Crippen LogP contribution in [0.5, 0.6) is 0 Å². The lowest BCUT2D eigenvalue weighted by Crippen LogP contribution is -2.09. The Kier molecular flexibility index (Phi) is 2.78. The molecule has 0 bridgehead atoms. The molecule has 0 amide bonds. The van der Waals surface area contributed by atoms with E-state index in [9.17, 15) is 9.90 Å². The van der Waals surface area contributed by atoms with E-state index in [0.717, 1.165) is 24.1 Å². The fourth-order valence-electron chi connectivity index (χ4n) is 2.89. The molecule has 1 saturated carbocycles. The Balaban J connectivity index is 2.12. The van der Waals surface area contributed by atoms with Crippen LogP contribution in [-0.4, -0.2) is 20.5 Å². The number of hydrogen-bond donors (Lipinski definition) is 1. The highest BCUT2D eigenvalue weighted by Crippen LogP contribution is 2.34. The molecule has 0 radical (unpaired) electrons. The normalized spacial score (nSPS) is 17.1. The maximum Gasteiger partial charge on any atom is 0.337 e. The number of carboxylic acid groups (broad SMARTS) is 1. The molecule has 94 valence electrons. The van der Waals surface area contributed by atoms with Gasteiger partial charge >= 0.3 is 5.97 Å². The summed E-state index contributed by atoms with van der Waals surface area (Å²) in [6.45, 7) is 0. The Morgan fingerprint density at radius 3 is 2.83 bits per heavy atom. The van der Waals surface area contributed by atoms with Crippen LogP contribution in [0.3, 0.4) is 0 Å². The van der Waals surface area contributed by atoms with Gasteiger partial charge in [0.05, 0.1) is 5.56 Å². The fraction of sp³-hybridized carbons (Fsp3) is 0.429. The highest BCUT2D eigenvalue weighted by molar-refractivity contribution is 5.88. The third kappa shape index (κ3) is 1.88. The van der Waals surface area contributed by atoms with Crippen LogP contribution < -0.4 is 0 Å². The van der Waals surface area contributed by atoms with Gasteiger partial charge in [-0.3, -0.25) is 0 Å². The number of rotatable bonds is 2. The monoisotopic (exact) mass is 244 g/mol. The molecule has 4 heteroatoms. The van der Waals surface area contributed by atoms with Crippen LogP contribution in [0, 0.1) is 0 Å². The van der Waals surface area contributed by atoms with Gasteiger partial charge in [0.2, 0.25) is 0 Å². The van der Waals surface area contributed by atoms with Crippen molar-refractivity contribution in [1.82, 2.24) is 9.38 Å². The van der Waals surface area contributed by atoms with Crippen molar-refractivity contribution in [3.63, 3.8) is 0 Å². The van der Waals surface area contributed by atoms with Gasteiger partial charge in [-0.1, -0.05) is 19.3 Å². The van der Waals surface area contributed by atoms with E-state index in [1.165, 1.54) is 19.3 Å². The summed E-state index contributed by atoms with van der Waals surface area (Å²) in [5.41, 5.74) is 2.35. The molecule has 0 aliphatic heterocycles. The molecule has 0 atom stereocenters. The summed E-state index contributed by atoms with van der Waals surface area (Å²) in [6, 6.07) is 1.81. The molecule has 18 heavy (non-hydrogen) atoms.